The summed E-state index contributed by atoms with van der Waals surface area (Å²) in [5.74, 6) is 0.486. The van der Waals surface area contributed by atoms with E-state index in [1.54, 1.807) is 0 Å². The minimum atomic E-state index is -0.00968. The van der Waals surface area contributed by atoms with Gasteiger partial charge in [-0.3, -0.25) is 4.79 Å². The molecule has 1 aliphatic heterocycles. The van der Waals surface area contributed by atoms with Crippen molar-refractivity contribution >= 4 is 5.97 Å². The summed E-state index contributed by atoms with van der Waals surface area (Å²) in [5, 5.41) is 3.34. The second-order valence-electron chi connectivity index (χ2n) is 4.96. The van der Waals surface area contributed by atoms with Crippen molar-refractivity contribution in [2.45, 2.75) is 52.7 Å². The smallest absolute Gasteiger partial charge is 0.309 e. The van der Waals surface area contributed by atoms with Crippen LogP contribution >= 0.6 is 0 Å². The maximum atomic E-state index is 11.8. The molecule has 3 nitrogen and oxygen atoms in total. The van der Waals surface area contributed by atoms with Gasteiger partial charge in [0.05, 0.1) is 5.92 Å². The van der Waals surface area contributed by atoms with Crippen molar-refractivity contribution in [1.82, 2.24) is 5.32 Å². The molecule has 1 heterocycles. The zero-order valence-electron chi connectivity index (χ0n) is 10.2. The number of hydrogen-bond donors (Lipinski definition) is 1. The molecule has 1 N–H and O–H groups in total. The van der Waals surface area contributed by atoms with E-state index in [1.165, 1.54) is 0 Å². The third-order valence-electron chi connectivity index (χ3n) is 3.20. The van der Waals surface area contributed by atoms with Crippen LogP contribution in [0.5, 0.6) is 0 Å². The lowest BCUT2D eigenvalue weighted by atomic mass is 9.93. The number of nitrogens with one attached hydrogen (secondary N) is 1. The summed E-state index contributed by atoms with van der Waals surface area (Å²) < 4.78 is 5.43. The van der Waals surface area contributed by atoms with Crippen molar-refractivity contribution in [3.05, 3.63) is 0 Å². The van der Waals surface area contributed by atoms with Gasteiger partial charge in [0, 0.05) is 6.04 Å². The first-order valence-corrected chi connectivity index (χ1v) is 5.94. The van der Waals surface area contributed by atoms with Crippen molar-refractivity contribution in [2.75, 3.05) is 6.54 Å². The molecule has 0 aromatic rings. The Morgan fingerprint density at radius 2 is 2.07 bits per heavy atom. The average Bonchev–Trinajstić information content (AvgIpc) is 2.17. The highest BCUT2D eigenvalue weighted by Gasteiger charge is 2.27. The number of carbonyl (C=O) groups excluding carboxylic acids is 1. The molecular formula is C12H23NO2. The highest BCUT2D eigenvalue weighted by molar-refractivity contribution is 5.72. The van der Waals surface area contributed by atoms with Crippen LogP contribution in [-0.4, -0.2) is 24.7 Å². The van der Waals surface area contributed by atoms with E-state index in [-0.39, 0.29) is 18.0 Å². The summed E-state index contributed by atoms with van der Waals surface area (Å²) in [6.07, 6.45) is 1.85. The Hall–Kier alpha value is -0.570. The Morgan fingerprint density at radius 3 is 2.60 bits per heavy atom. The molecule has 1 fully saturated rings. The molecule has 1 aliphatic rings. The van der Waals surface area contributed by atoms with E-state index in [4.69, 9.17) is 4.74 Å². The van der Waals surface area contributed by atoms with Crippen LogP contribution in [0, 0.1) is 11.8 Å². The average molecular weight is 213 g/mol. The molecule has 0 saturated carbocycles. The van der Waals surface area contributed by atoms with E-state index in [0.717, 1.165) is 19.4 Å². The summed E-state index contributed by atoms with van der Waals surface area (Å²) in [7, 11) is 0. The van der Waals surface area contributed by atoms with Gasteiger partial charge in [-0.05, 0) is 39.2 Å². The molecule has 0 radical (unpaired) electrons. The normalized spacial score (nSPS) is 28.9. The first-order valence-electron chi connectivity index (χ1n) is 5.94. The molecule has 0 spiro atoms. The second-order valence-corrected chi connectivity index (χ2v) is 4.96. The Balaban J connectivity index is 2.39. The van der Waals surface area contributed by atoms with Crippen LogP contribution in [0.1, 0.15) is 40.5 Å². The topological polar surface area (TPSA) is 38.3 Å². The zero-order chi connectivity index (χ0) is 11.4. The SMILES string of the molecule is CC1CC(C(=O)OC(C)C(C)C)CCN1. The molecule has 3 heteroatoms. The van der Waals surface area contributed by atoms with Gasteiger partial charge in [0.25, 0.3) is 0 Å². The van der Waals surface area contributed by atoms with Gasteiger partial charge in [-0.15, -0.1) is 0 Å². The number of ether oxygens (including phenoxy) is 1. The number of rotatable bonds is 3. The van der Waals surface area contributed by atoms with E-state index in [1.807, 2.05) is 6.92 Å². The number of hydrogen-bond acceptors (Lipinski definition) is 3. The first kappa shape index (κ1) is 12.5. The summed E-state index contributed by atoms with van der Waals surface area (Å²) in [6, 6.07) is 0.436. The standard InChI is InChI=1S/C12H23NO2/c1-8(2)10(4)15-12(14)11-5-6-13-9(3)7-11/h8-11,13H,5-7H2,1-4H3. The molecule has 0 aromatic heterocycles. The monoisotopic (exact) mass is 213 g/mol. The van der Waals surface area contributed by atoms with Crippen molar-refractivity contribution in [3.8, 4) is 0 Å². The fraction of sp³-hybridized carbons (Fsp3) is 0.917. The van der Waals surface area contributed by atoms with Crippen LogP contribution in [0.15, 0.2) is 0 Å². The van der Waals surface area contributed by atoms with Gasteiger partial charge in [-0.1, -0.05) is 13.8 Å². The number of carbonyl (C=O) groups is 1. The Bertz CT molecular complexity index is 216. The molecule has 88 valence electrons. The van der Waals surface area contributed by atoms with Crippen LogP contribution in [0.3, 0.4) is 0 Å². The van der Waals surface area contributed by atoms with Crippen molar-refractivity contribution in [2.24, 2.45) is 11.8 Å². The third kappa shape index (κ3) is 3.82. The van der Waals surface area contributed by atoms with E-state index < -0.39 is 0 Å². The fourth-order valence-electron chi connectivity index (χ4n) is 1.76. The van der Waals surface area contributed by atoms with Crippen molar-refractivity contribution in [3.63, 3.8) is 0 Å². The minimum Gasteiger partial charge on any atom is -0.462 e. The van der Waals surface area contributed by atoms with Crippen LogP contribution in [-0.2, 0) is 9.53 Å². The van der Waals surface area contributed by atoms with Gasteiger partial charge in [0.15, 0.2) is 0 Å². The van der Waals surface area contributed by atoms with Crippen molar-refractivity contribution < 1.29 is 9.53 Å². The van der Waals surface area contributed by atoms with Crippen molar-refractivity contribution in [1.29, 1.82) is 0 Å². The van der Waals surface area contributed by atoms with Crippen LogP contribution in [0.25, 0.3) is 0 Å². The van der Waals surface area contributed by atoms with E-state index in [2.05, 4.69) is 26.1 Å². The summed E-state index contributed by atoms with van der Waals surface area (Å²) >= 11 is 0. The van der Waals surface area contributed by atoms with Gasteiger partial charge in [-0.25, -0.2) is 0 Å². The van der Waals surface area contributed by atoms with Gasteiger partial charge < -0.3 is 10.1 Å². The lowest BCUT2D eigenvalue weighted by molar-refractivity contribution is -0.156. The minimum absolute atomic E-state index is 0.00968. The molecular weight excluding hydrogens is 190 g/mol. The van der Waals surface area contributed by atoms with Gasteiger partial charge in [0.1, 0.15) is 6.10 Å². The number of esters is 1. The Kier molecular flexibility index (Phi) is 4.58. The second kappa shape index (κ2) is 5.50. The van der Waals surface area contributed by atoms with E-state index in [9.17, 15) is 4.79 Å². The summed E-state index contributed by atoms with van der Waals surface area (Å²) in [4.78, 5) is 11.8. The lowest BCUT2D eigenvalue weighted by Gasteiger charge is -2.28. The molecule has 0 aliphatic carbocycles. The Morgan fingerprint density at radius 1 is 1.40 bits per heavy atom. The largest absolute Gasteiger partial charge is 0.462 e. The summed E-state index contributed by atoms with van der Waals surface area (Å²) in [6.45, 7) is 9.15. The predicted octanol–water partition coefficient (Wildman–Crippen LogP) is 1.96. The van der Waals surface area contributed by atoms with Gasteiger partial charge in [0.2, 0.25) is 0 Å². The third-order valence-corrected chi connectivity index (χ3v) is 3.20. The molecule has 3 atom stereocenters. The van der Waals surface area contributed by atoms with Gasteiger partial charge >= 0.3 is 5.97 Å². The molecule has 0 bridgehead atoms. The van der Waals surface area contributed by atoms with Crippen LogP contribution < -0.4 is 5.32 Å². The maximum Gasteiger partial charge on any atom is 0.309 e. The molecule has 0 aromatic carbocycles. The number of piperidine rings is 1. The van der Waals surface area contributed by atoms with Gasteiger partial charge in [-0.2, -0.15) is 0 Å². The quantitative estimate of drug-likeness (QED) is 0.728. The zero-order valence-corrected chi connectivity index (χ0v) is 10.2. The summed E-state index contributed by atoms with van der Waals surface area (Å²) in [5.41, 5.74) is 0. The molecule has 3 unspecified atom stereocenters. The van der Waals surface area contributed by atoms with Crippen LogP contribution in [0.4, 0.5) is 0 Å². The fourth-order valence-corrected chi connectivity index (χ4v) is 1.76. The van der Waals surface area contributed by atoms with E-state index >= 15 is 0 Å². The Labute approximate surface area is 92.6 Å². The molecule has 0 amide bonds. The van der Waals surface area contributed by atoms with E-state index in [0.29, 0.717) is 12.0 Å². The highest BCUT2D eigenvalue weighted by atomic mass is 16.5. The molecule has 1 rings (SSSR count). The van der Waals surface area contributed by atoms with Crippen LogP contribution in [0.2, 0.25) is 0 Å². The predicted molar refractivity (Wildman–Crippen MR) is 60.6 cm³/mol. The molecule has 15 heavy (non-hydrogen) atoms. The highest BCUT2D eigenvalue weighted by Crippen LogP contribution is 2.19. The maximum absolute atomic E-state index is 11.8. The lowest BCUT2D eigenvalue weighted by Crippen LogP contribution is -2.40. The molecule has 1 saturated heterocycles. The first-order chi connectivity index (χ1) is 7.00.